The van der Waals surface area contributed by atoms with Crippen LogP contribution in [0.2, 0.25) is 0 Å². The second kappa shape index (κ2) is 4.12. The van der Waals surface area contributed by atoms with E-state index in [0.29, 0.717) is 0 Å². The van der Waals surface area contributed by atoms with Crippen molar-refractivity contribution in [3.05, 3.63) is 16.1 Å². The molecule has 2 nitrogen and oxygen atoms in total. The summed E-state index contributed by atoms with van der Waals surface area (Å²) in [4.78, 5) is 8.01. The summed E-state index contributed by atoms with van der Waals surface area (Å²) in [6.45, 7) is 2.11. The quantitative estimate of drug-likeness (QED) is 0.466. The number of hydrogen-bond acceptors (Lipinski definition) is 3. The van der Waals surface area contributed by atoms with Crippen molar-refractivity contribution >= 4 is 34.4 Å². The smallest absolute Gasteiger partial charge is 0.116 e. The molecule has 0 aliphatic heterocycles. The molecule has 0 N–H and O–H groups in total. The first-order valence-corrected chi connectivity index (χ1v) is 4.99. The maximum atomic E-state index is 4.11. The van der Waals surface area contributed by atoms with E-state index in [-0.39, 0.29) is 0 Å². The van der Waals surface area contributed by atoms with Gasteiger partial charge < -0.3 is 0 Å². The van der Waals surface area contributed by atoms with E-state index in [1.54, 1.807) is 18.1 Å². The zero-order valence-electron chi connectivity index (χ0n) is 5.54. The van der Waals surface area contributed by atoms with Crippen molar-refractivity contribution in [1.29, 1.82) is 0 Å². The van der Waals surface area contributed by atoms with Crippen LogP contribution in [0.4, 0.5) is 0 Å². The minimum absolute atomic E-state index is 1.06. The Balaban J connectivity index is 2.81. The highest BCUT2D eigenvalue weighted by molar-refractivity contribution is 14.1. The molecule has 10 heavy (non-hydrogen) atoms. The Morgan fingerprint density at radius 2 is 2.50 bits per heavy atom. The summed E-state index contributed by atoms with van der Waals surface area (Å²) < 4.78 is 1.13. The highest BCUT2D eigenvalue weighted by Gasteiger charge is 1.97. The van der Waals surface area contributed by atoms with E-state index >= 15 is 0 Å². The van der Waals surface area contributed by atoms with E-state index in [2.05, 4.69) is 39.5 Å². The third-order valence-electron chi connectivity index (χ3n) is 0.915. The zero-order chi connectivity index (χ0) is 7.40. The second-order valence-electron chi connectivity index (χ2n) is 1.61. The Labute approximate surface area is 78.0 Å². The molecular formula is C6H7IN2S. The largest absolute Gasteiger partial charge is 0.244 e. The molecule has 0 spiro atoms. The number of hydrogen-bond donors (Lipinski definition) is 0. The molecule has 0 radical (unpaired) electrons. The molecule has 1 rings (SSSR count). The van der Waals surface area contributed by atoms with Gasteiger partial charge in [-0.05, 0) is 28.3 Å². The average molecular weight is 266 g/mol. The molecule has 1 heterocycles. The van der Waals surface area contributed by atoms with E-state index in [0.717, 1.165) is 14.3 Å². The standard InChI is InChI=1S/C6H7IN2S/c1-2-10-6-5(7)3-8-4-9-6/h3-4H,2H2,1H3. The van der Waals surface area contributed by atoms with Gasteiger partial charge in [-0.1, -0.05) is 6.92 Å². The molecule has 4 heteroatoms. The van der Waals surface area contributed by atoms with E-state index in [1.165, 1.54) is 0 Å². The van der Waals surface area contributed by atoms with Crippen molar-refractivity contribution in [3.8, 4) is 0 Å². The van der Waals surface area contributed by atoms with Gasteiger partial charge in [-0.15, -0.1) is 11.8 Å². The predicted molar refractivity (Wildman–Crippen MR) is 51.1 cm³/mol. The molecule has 0 saturated carbocycles. The number of aromatic nitrogens is 2. The van der Waals surface area contributed by atoms with Crippen molar-refractivity contribution in [1.82, 2.24) is 9.97 Å². The minimum Gasteiger partial charge on any atom is -0.244 e. The Morgan fingerprint density at radius 3 is 3.10 bits per heavy atom. The van der Waals surface area contributed by atoms with E-state index in [9.17, 15) is 0 Å². The summed E-state index contributed by atoms with van der Waals surface area (Å²) in [6, 6.07) is 0. The van der Waals surface area contributed by atoms with Gasteiger partial charge in [0.2, 0.25) is 0 Å². The van der Waals surface area contributed by atoms with Gasteiger partial charge in [0.15, 0.2) is 0 Å². The fourth-order valence-corrected chi connectivity index (χ4v) is 1.90. The van der Waals surface area contributed by atoms with E-state index in [4.69, 9.17) is 0 Å². The van der Waals surface area contributed by atoms with Crippen LogP contribution in [0.3, 0.4) is 0 Å². The summed E-state index contributed by atoms with van der Waals surface area (Å²) in [5.74, 6) is 1.06. The normalized spacial score (nSPS) is 9.80. The van der Waals surface area contributed by atoms with Crippen LogP contribution in [-0.2, 0) is 0 Å². The third kappa shape index (κ3) is 2.09. The lowest BCUT2D eigenvalue weighted by molar-refractivity contribution is 1.02. The van der Waals surface area contributed by atoms with Crippen molar-refractivity contribution in [3.63, 3.8) is 0 Å². The number of rotatable bonds is 2. The van der Waals surface area contributed by atoms with Gasteiger partial charge in [0, 0.05) is 6.20 Å². The fraction of sp³-hybridized carbons (Fsp3) is 0.333. The first kappa shape index (κ1) is 8.26. The molecule has 1 aromatic heterocycles. The molecule has 0 aliphatic rings. The van der Waals surface area contributed by atoms with Gasteiger partial charge >= 0.3 is 0 Å². The summed E-state index contributed by atoms with van der Waals surface area (Å²) in [5.41, 5.74) is 0. The maximum absolute atomic E-state index is 4.11. The first-order chi connectivity index (χ1) is 4.84. The van der Waals surface area contributed by atoms with Crippen LogP contribution in [0, 0.1) is 3.57 Å². The molecule has 0 fully saturated rings. The molecule has 0 aliphatic carbocycles. The van der Waals surface area contributed by atoms with E-state index in [1.807, 2.05) is 6.20 Å². The summed E-state index contributed by atoms with van der Waals surface area (Å²) in [5, 5.41) is 1.08. The molecule has 0 atom stereocenters. The van der Waals surface area contributed by atoms with Gasteiger partial charge in [0.25, 0.3) is 0 Å². The lowest BCUT2D eigenvalue weighted by atomic mass is 10.7. The topological polar surface area (TPSA) is 25.8 Å². The van der Waals surface area contributed by atoms with Crippen LogP contribution < -0.4 is 0 Å². The Morgan fingerprint density at radius 1 is 1.70 bits per heavy atom. The highest BCUT2D eigenvalue weighted by Crippen LogP contribution is 2.19. The van der Waals surface area contributed by atoms with Crippen molar-refractivity contribution in [2.24, 2.45) is 0 Å². The monoisotopic (exact) mass is 266 g/mol. The molecule has 0 aromatic carbocycles. The summed E-state index contributed by atoms with van der Waals surface area (Å²) >= 11 is 3.98. The fourth-order valence-electron chi connectivity index (χ4n) is 0.544. The summed E-state index contributed by atoms with van der Waals surface area (Å²) in [7, 11) is 0. The first-order valence-electron chi connectivity index (χ1n) is 2.93. The SMILES string of the molecule is CCSc1ncncc1I. The lowest BCUT2D eigenvalue weighted by Crippen LogP contribution is -1.86. The lowest BCUT2D eigenvalue weighted by Gasteiger charge is -1.97. The van der Waals surface area contributed by atoms with Crippen molar-refractivity contribution in [2.45, 2.75) is 11.9 Å². The van der Waals surface area contributed by atoms with Gasteiger partial charge in [-0.25, -0.2) is 9.97 Å². The number of halogens is 1. The van der Waals surface area contributed by atoms with Gasteiger partial charge in [-0.3, -0.25) is 0 Å². The van der Waals surface area contributed by atoms with Gasteiger partial charge in [0.1, 0.15) is 11.4 Å². The van der Waals surface area contributed by atoms with E-state index < -0.39 is 0 Å². The van der Waals surface area contributed by atoms with Crippen LogP contribution in [0.25, 0.3) is 0 Å². The van der Waals surface area contributed by atoms with Gasteiger partial charge in [-0.2, -0.15) is 0 Å². The molecule has 54 valence electrons. The van der Waals surface area contributed by atoms with Crippen molar-refractivity contribution < 1.29 is 0 Å². The number of nitrogens with zero attached hydrogens (tertiary/aromatic N) is 2. The Hall–Kier alpha value is 0.160. The highest BCUT2D eigenvalue weighted by atomic mass is 127. The van der Waals surface area contributed by atoms with Gasteiger partial charge in [0.05, 0.1) is 3.57 Å². The minimum atomic E-state index is 1.06. The molecule has 0 bridgehead atoms. The maximum Gasteiger partial charge on any atom is 0.116 e. The van der Waals surface area contributed by atoms with Crippen LogP contribution >= 0.6 is 34.4 Å². The van der Waals surface area contributed by atoms with Crippen LogP contribution in [0.5, 0.6) is 0 Å². The second-order valence-corrected chi connectivity index (χ2v) is 4.02. The molecule has 1 aromatic rings. The van der Waals surface area contributed by atoms with Crippen LogP contribution in [-0.4, -0.2) is 15.7 Å². The Bertz CT molecular complexity index is 217. The molecular weight excluding hydrogens is 259 g/mol. The third-order valence-corrected chi connectivity index (χ3v) is 2.96. The average Bonchev–Trinajstić information content (AvgIpc) is 1.94. The molecule has 0 unspecified atom stereocenters. The summed E-state index contributed by atoms with van der Waals surface area (Å²) in [6.07, 6.45) is 3.41. The number of thioether (sulfide) groups is 1. The Kier molecular flexibility index (Phi) is 3.41. The van der Waals surface area contributed by atoms with Crippen LogP contribution in [0.15, 0.2) is 17.6 Å². The molecule has 0 saturated heterocycles. The van der Waals surface area contributed by atoms with Crippen molar-refractivity contribution in [2.75, 3.05) is 5.75 Å². The molecule has 0 amide bonds. The predicted octanol–water partition coefficient (Wildman–Crippen LogP) is 2.19. The zero-order valence-corrected chi connectivity index (χ0v) is 8.52. The van der Waals surface area contributed by atoms with Crippen LogP contribution in [0.1, 0.15) is 6.92 Å².